The van der Waals surface area contributed by atoms with Gasteiger partial charge in [0.15, 0.2) is 0 Å². The van der Waals surface area contributed by atoms with Crippen molar-refractivity contribution in [2.45, 2.75) is 12.8 Å². The highest BCUT2D eigenvalue weighted by atomic mass is 16.5. The number of para-hydroxylation sites is 1. The van der Waals surface area contributed by atoms with Gasteiger partial charge in [0, 0.05) is 43.0 Å². The summed E-state index contributed by atoms with van der Waals surface area (Å²) in [5, 5.41) is 3.12. The van der Waals surface area contributed by atoms with E-state index in [4.69, 9.17) is 9.72 Å². The van der Waals surface area contributed by atoms with Crippen molar-refractivity contribution in [2.75, 3.05) is 39.4 Å². The van der Waals surface area contributed by atoms with Gasteiger partial charge < -0.3 is 14.5 Å². The molecule has 1 aromatic heterocycles. The number of amides is 2. The molecular weight excluding hydrogens is 450 g/mol. The fraction of sp³-hybridized carbons (Fsp3) is 0.300. The first kappa shape index (κ1) is 22.7. The number of nitrogens with zero attached hydrogens (tertiary/aromatic N) is 3. The predicted octanol–water partition coefficient (Wildman–Crippen LogP) is 4.77. The number of rotatable bonds is 3. The van der Waals surface area contributed by atoms with Crippen molar-refractivity contribution < 1.29 is 14.3 Å². The van der Waals surface area contributed by atoms with Gasteiger partial charge in [-0.2, -0.15) is 0 Å². The molecule has 2 aliphatic heterocycles. The molecule has 3 aromatic carbocycles. The van der Waals surface area contributed by atoms with Crippen LogP contribution in [0.2, 0.25) is 0 Å². The molecule has 0 aliphatic carbocycles. The number of carbonyl (C=O) groups is 2. The molecule has 2 fully saturated rings. The minimum Gasteiger partial charge on any atom is -0.378 e. The quantitative estimate of drug-likeness (QED) is 0.425. The summed E-state index contributed by atoms with van der Waals surface area (Å²) in [7, 11) is 0. The first-order valence-corrected chi connectivity index (χ1v) is 12.7. The molecule has 0 unspecified atom stereocenters. The Labute approximate surface area is 210 Å². The molecule has 0 saturated carbocycles. The number of hydrogen-bond donors (Lipinski definition) is 0. The van der Waals surface area contributed by atoms with Gasteiger partial charge in [0.05, 0.1) is 30.0 Å². The van der Waals surface area contributed by atoms with Crippen LogP contribution < -0.4 is 0 Å². The van der Waals surface area contributed by atoms with Gasteiger partial charge in [-0.3, -0.25) is 9.59 Å². The molecule has 182 valence electrons. The van der Waals surface area contributed by atoms with Crippen LogP contribution in [0.5, 0.6) is 0 Å². The highest BCUT2D eigenvalue weighted by Crippen LogP contribution is 2.31. The molecule has 2 saturated heterocycles. The molecular formula is C30H29N3O3. The number of pyridine rings is 1. The van der Waals surface area contributed by atoms with Crippen LogP contribution in [0.4, 0.5) is 0 Å². The summed E-state index contributed by atoms with van der Waals surface area (Å²) in [6, 6.07) is 24.2. The van der Waals surface area contributed by atoms with Gasteiger partial charge in [-0.1, -0.05) is 60.7 Å². The average Bonchev–Trinajstić information content (AvgIpc) is 2.96. The second-order valence-corrected chi connectivity index (χ2v) is 9.60. The molecule has 0 atom stereocenters. The number of carbonyl (C=O) groups excluding carboxylic acids is 2. The standard InChI is InChI=1S/C30H29N3O3/c34-29(33-16-18-36-19-17-33)22-12-14-32(15-13-22)30(35)26-20-28(31-27-11-4-3-9-25(26)27)24-10-5-7-21-6-1-2-8-23(21)24/h1-11,20,22H,12-19H2. The van der Waals surface area contributed by atoms with Gasteiger partial charge in [-0.05, 0) is 35.7 Å². The average molecular weight is 480 g/mol. The lowest BCUT2D eigenvalue weighted by Gasteiger charge is -2.35. The Kier molecular flexibility index (Phi) is 6.11. The van der Waals surface area contributed by atoms with Gasteiger partial charge in [-0.15, -0.1) is 0 Å². The maximum Gasteiger partial charge on any atom is 0.254 e. The smallest absolute Gasteiger partial charge is 0.254 e. The lowest BCUT2D eigenvalue weighted by molar-refractivity contribution is -0.141. The van der Waals surface area contributed by atoms with Crippen LogP contribution in [-0.2, 0) is 9.53 Å². The van der Waals surface area contributed by atoms with Crippen molar-refractivity contribution in [3.05, 3.63) is 78.4 Å². The molecule has 2 amide bonds. The fourth-order valence-corrected chi connectivity index (χ4v) is 5.48. The van der Waals surface area contributed by atoms with Crippen LogP contribution in [-0.4, -0.2) is 66.0 Å². The largest absolute Gasteiger partial charge is 0.378 e. The van der Waals surface area contributed by atoms with Crippen molar-refractivity contribution >= 4 is 33.5 Å². The minimum absolute atomic E-state index is 0.00681. The Morgan fingerprint density at radius 2 is 1.47 bits per heavy atom. The predicted molar refractivity (Wildman–Crippen MR) is 141 cm³/mol. The normalized spacial score (nSPS) is 17.0. The van der Waals surface area contributed by atoms with Crippen LogP contribution in [0.25, 0.3) is 32.9 Å². The zero-order chi connectivity index (χ0) is 24.5. The van der Waals surface area contributed by atoms with E-state index in [2.05, 4.69) is 24.3 Å². The van der Waals surface area contributed by atoms with E-state index in [9.17, 15) is 9.59 Å². The first-order chi connectivity index (χ1) is 17.7. The number of fused-ring (bicyclic) bond motifs is 2. The number of aromatic nitrogens is 1. The van der Waals surface area contributed by atoms with Crippen LogP contribution in [0.1, 0.15) is 23.2 Å². The minimum atomic E-state index is -0.0208. The molecule has 3 heterocycles. The summed E-state index contributed by atoms with van der Waals surface area (Å²) in [5.74, 6) is 0.193. The van der Waals surface area contributed by atoms with Crippen LogP contribution >= 0.6 is 0 Å². The third-order valence-corrected chi connectivity index (χ3v) is 7.47. The molecule has 6 nitrogen and oxygen atoms in total. The van der Waals surface area contributed by atoms with Gasteiger partial charge in [0.2, 0.25) is 5.91 Å². The van der Waals surface area contributed by atoms with Crippen molar-refractivity contribution in [1.29, 1.82) is 0 Å². The van der Waals surface area contributed by atoms with E-state index in [1.807, 2.05) is 58.3 Å². The van der Waals surface area contributed by atoms with Gasteiger partial charge in [-0.25, -0.2) is 4.98 Å². The molecule has 0 N–H and O–H groups in total. The summed E-state index contributed by atoms with van der Waals surface area (Å²) in [4.78, 5) is 35.5. The highest BCUT2D eigenvalue weighted by molar-refractivity contribution is 6.08. The fourth-order valence-electron chi connectivity index (χ4n) is 5.48. The Morgan fingerprint density at radius 1 is 0.778 bits per heavy atom. The number of piperidine rings is 1. The topological polar surface area (TPSA) is 62.7 Å². The summed E-state index contributed by atoms with van der Waals surface area (Å²) in [6.45, 7) is 3.71. The van der Waals surface area contributed by atoms with Crippen molar-refractivity contribution in [1.82, 2.24) is 14.8 Å². The van der Waals surface area contributed by atoms with Crippen molar-refractivity contribution in [3.63, 3.8) is 0 Å². The van der Waals surface area contributed by atoms with Crippen LogP contribution in [0.3, 0.4) is 0 Å². The number of likely N-dealkylation sites (tertiary alicyclic amines) is 1. The first-order valence-electron chi connectivity index (χ1n) is 12.7. The second-order valence-electron chi connectivity index (χ2n) is 9.60. The third kappa shape index (κ3) is 4.22. The molecule has 0 radical (unpaired) electrons. The van der Waals surface area contributed by atoms with E-state index in [1.165, 1.54) is 0 Å². The van der Waals surface area contributed by atoms with Gasteiger partial charge >= 0.3 is 0 Å². The van der Waals surface area contributed by atoms with E-state index in [-0.39, 0.29) is 17.7 Å². The van der Waals surface area contributed by atoms with E-state index in [0.29, 0.717) is 57.8 Å². The monoisotopic (exact) mass is 479 g/mol. The molecule has 6 rings (SSSR count). The van der Waals surface area contributed by atoms with Crippen molar-refractivity contribution in [3.8, 4) is 11.3 Å². The van der Waals surface area contributed by atoms with Crippen molar-refractivity contribution in [2.24, 2.45) is 5.92 Å². The molecule has 0 bridgehead atoms. The number of morpholine rings is 1. The van der Waals surface area contributed by atoms with E-state index >= 15 is 0 Å². The molecule has 4 aromatic rings. The Bertz CT molecular complexity index is 1430. The summed E-state index contributed by atoms with van der Waals surface area (Å²) in [6.07, 6.45) is 1.39. The maximum atomic E-state index is 13.8. The number of ether oxygens (including phenoxy) is 1. The molecule has 6 heteroatoms. The number of benzene rings is 3. The van der Waals surface area contributed by atoms with Crippen LogP contribution in [0.15, 0.2) is 72.8 Å². The lowest BCUT2D eigenvalue weighted by Crippen LogP contribution is -2.47. The van der Waals surface area contributed by atoms with Gasteiger partial charge in [0.25, 0.3) is 5.91 Å². The van der Waals surface area contributed by atoms with E-state index in [0.717, 1.165) is 32.9 Å². The van der Waals surface area contributed by atoms with E-state index < -0.39 is 0 Å². The Balaban J connectivity index is 1.29. The second kappa shape index (κ2) is 9.70. The zero-order valence-electron chi connectivity index (χ0n) is 20.2. The zero-order valence-corrected chi connectivity index (χ0v) is 20.2. The summed E-state index contributed by atoms with van der Waals surface area (Å²) in [5.41, 5.74) is 3.29. The Morgan fingerprint density at radius 3 is 2.28 bits per heavy atom. The molecule has 0 spiro atoms. The maximum absolute atomic E-state index is 13.8. The third-order valence-electron chi connectivity index (χ3n) is 7.47. The summed E-state index contributed by atoms with van der Waals surface area (Å²) < 4.78 is 5.38. The number of hydrogen-bond acceptors (Lipinski definition) is 4. The summed E-state index contributed by atoms with van der Waals surface area (Å²) >= 11 is 0. The SMILES string of the molecule is O=C(c1cc(-c2cccc3ccccc23)nc2ccccc12)N1CCC(C(=O)N2CCOCC2)CC1. The van der Waals surface area contributed by atoms with Gasteiger partial charge in [0.1, 0.15) is 0 Å². The molecule has 36 heavy (non-hydrogen) atoms. The van der Waals surface area contributed by atoms with E-state index in [1.54, 1.807) is 0 Å². The lowest BCUT2D eigenvalue weighted by atomic mass is 9.94. The molecule has 2 aliphatic rings. The highest BCUT2D eigenvalue weighted by Gasteiger charge is 2.31. The van der Waals surface area contributed by atoms with Crippen LogP contribution in [0, 0.1) is 5.92 Å². The Hall–Kier alpha value is -3.77.